The Hall–Kier alpha value is -3.27. The van der Waals surface area contributed by atoms with Gasteiger partial charge in [-0.25, -0.2) is 9.37 Å². The summed E-state index contributed by atoms with van der Waals surface area (Å²) < 4.78 is 19.9. The van der Waals surface area contributed by atoms with Gasteiger partial charge in [-0.15, -0.1) is 0 Å². The van der Waals surface area contributed by atoms with Crippen LogP contribution >= 0.6 is 0 Å². The summed E-state index contributed by atoms with van der Waals surface area (Å²) in [6.45, 7) is 4.28. The van der Waals surface area contributed by atoms with Crippen molar-refractivity contribution in [3.05, 3.63) is 47.3 Å². The zero-order chi connectivity index (χ0) is 23.0. The quantitative estimate of drug-likeness (QED) is 0.634. The molecular weight excluding hydrogens is 417 g/mol. The molecule has 2 aromatic rings. The average molecular weight is 443 g/mol. The van der Waals surface area contributed by atoms with Gasteiger partial charge >= 0.3 is 0 Å². The molecule has 170 valence electrons. The van der Waals surface area contributed by atoms with Crippen LogP contribution in [0.5, 0.6) is 0 Å². The molecule has 0 bridgehead atoms. The average Bonchev–Trinajstić information content (AvgIpc) is 3.48. The van der Waals surface area contributed by atoms with E-state index < -0.39 is 23.2 Å². The van der Waals surface area contributed by atoms with E-state index in [2.05, 4.69) is 15.6 Å². The molecule has 0 saturated heterocycles. The summed E-state index contributed by atoms with van der Waals surface area (Å²) in [6, 6.07) is 3.97. The van der Waals surface area contributed by atoms with E-state index in [0.717, 1.165) is 12.8 Å². The first-order valence-electron chi connectivity index (χ1n) is 10.5. The Kier molecular flexibility index (Phi) is 5.72. The Morgan fingerprint density at radius 3 is 2.75 bits per heavy atom. The first-order valence-corrected chi connectivity index (χ1v) is 10.5. The number of ether oxygens (including phenoxy) is 1. The fourth-order valence-electron chi connectivity index (χ4n) is 4.13. The van der Waals surface area contributed by atoms with Crippen molar-refractivity contribution in [2.45, 2.75) is 44.8 Å². The number of aryl methyl sites for hydroxylation is 1. The number of halogens is 1. The molecule has 9 nitrogen and oxygen atoms in total. The minimum absolute atomic E-state index is 0.0220. The van der Waals surface area contributed by atoms with Crippen LogP contribution in [0.4, 0.5) is 10.1 Å². The summed E-state index contributed by atoms with van der Waals surface area (Å²) >= 11 is 0. The molecule has 4 rings (SSSR count). The molecule has 2 aliphatic rings. The van der Waals surface area contributed by atoms with E-state index in [4.69, 9.17) is 4.74 Å². The normalized spacial score (nSPS) is 20.1. The second-order valence-corrected chi connectivity index (χ2v) is 8.41. The van der Waals surface area contributed by atoms with Crippen molar-refractivity contribution in [2.24, 2.45) is 0 Å². The summed E-state index contributed by atoms with van der Waals surface area (Å²) in [5, 5.41) is 5.53. The molecule has 2 N–H and O–H groups in total. The summed E-state index contributed by atoms with van der Waals surface area (Å²) in [7, 11) is 1.55. The number of benzene rings is 1. The molecule has 0 radical (unpaired) electrons. The van der Waals surface area contributed by atoms with Crippen LogP contribution in [-0.2, 0) is 16.1 Å². The second-order valence-electron chi connectivity index (χ2n) is 8.41. The Morgan fingerprint density at radius 1 is 1.34 bits per heavy atom. The van der Waals surface area contributed by atoms with E-state index in [9.17, 15) is 18.8 Å². The van der Waals surface area contributed by atoms with Crippen LogP contribution in [0, 0.1) is 12.7 Å². The molecular formula is C22H26FN5O4. The molecule has 2 heterocycles. The predicted molar refractivity (Wildman–Crippen MR) is 114 cm³/mol. The standard InChI is InChI=1S/C22H26FN5O4/c1-13-10-14(23)4-7-16(13)26-19(29)17-18-20(30)28(15-5-6-15)22(2,11-27(18)12-25-17)21(31)24-8-9-32-3/h4,7,10,12,15H,5-6,8-9,11H2,1-3H3,(H,24,31)(H,26,29). The van der Waals surface area contributed by atoms with Gasteiger partial charge in [-0.1, -0.05) is 0 Å². The van der Waals surface area contributed by atoms with Gasteiger partial charge in [0, 0.05) is 25.4 Å². The number of hydrogen-bond acceptors (Lipinski definition) is 5. The second kappa shape index (κ2) is 8.34. The van der Waals surface area contributed by atoms with Gasteiger partial charge in [0.2, 0.25) is 5.91 Å². The number of carbonyl (C=O) groups excluding carboxylic acids is 3. The summed E-state index contributed by atoms with van der Waals surface area (Å²) in [5.41, 5.74) is 0.00378. The van der Waals surface area contributed by atoms with Gasteiger partial charge in [0.05, 0.1) is 19.5 Å². The third-order valence-electron chi connectivity index (χ3n) is 5.91. The predicted octanol–water partition coefficient (Wildman–Crippen LogP) is 1.72. The Labute approximate surface area is 184 Å². The van der Waals surface area contributed by atoms with Crippen molar-refractivity contribution >= 4 is 23.4 Å². The van der Waals surface area contributed by atoms with Gasteiger partial charge in [-0.3, -0.25) is 14.4 Å². The van der Waals surface area contributed by atoms with Crippen LogP contribution in [-0.4, -0.2) is 64.0 Å². The lowest BCUT2D eigenvalue weighted by Crippen LogP contribution is -2.65. The number of hydrogen-bond donors (Lipinski definition) is 2. The van der Waals surface area contributed by atoms with Crippen molar-refractivity contribution in [3.63, 3.8) is 0 Å². The maximum absolute atomic E-state index is 13.5. The number of amides is 3. The lowest BCUT2D eigenvalue weighted by atomic mass is 9.94. The molecule has 1 unspecified atom stereocenters. The maximum Gasteiger partial charge on any atom is 0.276 e. The third-order valence-corrected chi connectivity index (χ3v) is 5.91. The highest BCUT2D eigenvalue weighted by Crippen LogP contribution is 2.38. The number of nitrogens with zero attached hydrogens (tertiary/aromatic N) is 3. The third kappa shape index (κ3) is 3.86. The number of fused-ring (bicyclic) bond motifs is 1. The van der Waals surface area contributed by atoms with Gasteiger partial charge in [0.15, 0.2) is 5.69 Å². The molecule has 1 aromatic carbocycles. The monoisotopic (exact) mass is 443 g/mol. The molecule has 1 atom stereocenters. The van der Waals surface area contributed by atoms with Crippen molar-refractivity contribution in [2.75, 3.05) is 25.6 Å². The van der Waals surface area contributed by atoms with Crippen molar-refractivity contribution < 1.29 is 23.5 Å². The van der Waals surface area contributed by atoms with E-state index in [1.807, 2.05) is 0 Å². The first-order chi connectivity index (χ1) is 15.3. The molecule has 3 amide bonds. The van der Waals surface area contributed by atoms with Gasteiger partial charge < -0.3 is 24.8 Å². The molecule has 1 saturated carbocycles. The van der Waals surface area contributed by atoms with Crippen LogP contribution in [0.25, 0.3) is 0 Å². The Bertz CT molecular complexity index is 1080. The number of aromatic nitrogens is 2. The number of imidazole rings is 1. The topological polar surface area (TPSA) is 106 Å². The lowest BCUT2D eigenvalue weighted by molar-refractivity contribution is -0.133. The van der Waals surface area contributed by atoms with Crippen LogP contribution in [0.1, 0.15) is 46.3 Å². The van der Waals surface area contributed by atoms with Crippen LogP contribution < -0.4 is 10.6 Å². The van der Waals surface area contributed by atoms with Gasteiger partial charge in [-0.2, -0.15) is 0 Å². The zero-order valence-corrected chi connectivity index (χ0v) is 18.3. The number of anilines is 1. The maximum atomic E-state index is 13.5. The number of rotatable bonds is 7. The van der Waals surface area contributed by atoms with E-state index in [1.165, 1.54) is 24.5 Å². The minimum atomic E-state index is -1.11. The minimum Gasteiger partial charge on any atom is -0.383 e. The number of nitrogens with one attached hydrogen (secondary N) is 2. The fourth-order valence-corrected chi connectivity index (χ4v) is 4.13. The summed E-state index contributed by atoms with van der Waals surface area (Å²) in [5.74, 6) is -1.65. The van der Waals surface area contributed by atoms with Gasteiger partial charge in [-0.05, 0) is 50.5 Å². The number of carbonyl (C=O) groups is 3. The highest BCUT2D eigenvalue weighted by Gasteiger charge is 2.53. The molecule has 1 aromatic heterocycles. The van der Waals surface area contributed by atoms with Gasteiger partial charge in [0.25, 0.3) is 11.8 Å². The molecule has 32 heavy (non-hydrogen) atoms. The first kappa shape index (κ1) is 21.9. The van der Waals surface area contributed by atoms with E-state index in [1.54, 1.807) is 30.4 Å². The van der Waals surface area contributed by atoms with Gasteiger partial charge in [0.1, 0.15) is 17.1 Å². The van der Waals surface area contributed by atoms with E-state index >= 15 is 0 Å². The summed E-state index contributed by atoms with van der Waals surface area (Å²) in [4.78, 5) is 45.3. The van der Waals surface area contributed by atoms with Crippen molar-refractivity contribution in [1.82, 2.24) is 19.8 Å². The Morgan fingerprint density at radius 2 is 2.09 bits per heavy atom. The zero-order valence-electron chi connectivity index (χ0n) is 18.3. The molecule has 0 spiro atoms. The van der Waals surface area contributed by atoms with Crippen molar-refractivity contribution in [1.29, 1.82) is 0 Å². The fraction of sp³-hybridized carbons (Fsp3) is 0.455. The highest BCUT2D eigenvalue weighted by molar-refractivity contribution is 6.12. The largest absolute Gasteiger partial charge is 0.383 e. The number of methoxy groups -OCH3 is 1. The SMILES string of the molecule is COCCNC(=O)C1(C)Cn2cnc(C(=O)Nc3ccc(F)cc3C)c2C(=O)N1C1CC1. The van der Waals surface area contributed by atoms with Crippen LogP contribution in [0.15, 0.2) is 24.5 Å². The van der Waals surface area contributed by atoms with E-state index in [-0.39, 0.29) is 29.9 Å². The van der Waals surface area contributed by atoms with E-state index in [0.29, 0.717) is 24.4 Å². The highest BCUT2D eigenvalue weighted by atomic mass is 19.1. The van der Waals surface area contributed by atoms with Crippen LogP contribution in [0.2, 0.25) is 0 Å². The summed E-state index contributed by atoms with van der Waals surface area (Å²) in [6.07, 6.45) is 3.01. The molecule has 1 aliphatic heterocycles. The van der Waals surface area contributed by atoms with Crippen LogP contribution in [0.3, 0.4) is 0 Å². The molecule has 10 heteroatoms. The molecule has 1 aliphatic carbocycles. The molecule has 1 fully saturated rings. The lowest BCUT2D eigenvalue weighted by Gasteiger charge is -2.44. The smallest absolute Gasteiger partial charge is 0.276 e. The Balaban J connectivity index is 1.63. The van der Waals surface area contributed by atoms with Crippen molar-refractivity contribution in [3.8, 4) is 0 Å².